The minimum atomic E-state index is -0.674. The Labute approximate surface area is 102 Å². The van der Waals surface area contributed by atoms with Crippen molar-refractivity contribution in [3.8, 4) is 0 Å². The first-order valence-electron chi connectivity index (χ1n) is 5.33. The zero-order chi connectivity index (χ0) is 12.5. The van der Waals surface area contributed by atoms with Gasteiger partial charge in [-0.3, -0.25) is 9.59 Å². The van der Waals surface area contributed by atoms with E-state index >= 15 is 0 Å². The molecule has 88 valence electrons. The summed E-state index contributed by atoms with van der Waals surface area (Å²) in [7, 11) is 0. The summed E-state index contributed by atoms with van der Waals surface area (Å²) < 4.78 is 5.09. The molecule has 1 aliphatic heterocycles. The summed E-state index contributed by atoms with van der Waals surface area (Å²) in [5.41, 5.74) is 0.589. The second kappa shape index (κ2) is 3.96. The molecule has 2 heterocycles. The van der Waals surface area contributed by atoms with Gasteiger partial charge in [0, 0.05) is 0 Å². The van der Waals surface area contributed by atoms with Gasteiger partial charge in [0.25, 0.3) is 5.78 Å². The molecular formula is C13H8N2O3. The topological polar surface area (TPSA) is 62.9 Å². The predicted octanol–water partition coefficient (Wildman–Crippen LogP) is 1.60. The quantitative estimate of drug-likeness (QED) is 0.749. The minimum Gasteiger partial charge on any atom is -0.462 e. The van der Waals surface area contributed by atoms with Gasteiger partial charge in [-0.15, -0.1) is 0 Å². The summed E-state index contributed by atoms with van der Waals surface area (Å²) in [4.78, 5) is 23.6. The molecular weight excluding hydrogens is 232 g/mol. The molecule has 0 unspecified atom stereocenters. The van der Waals surface area contributed by atoms with Crippen molar-refractivity contribution in [2.45, 2.75) is 0 Å². The molecule has 1 aromatic heterocycles. The van der Waals surface area contributed by atoms with Crippen LogP contribution in [0.25, 0.3) is 0 Å². The van der Waals surface area contributed by atoms with Gasteiger partial charge in [0.1, 0.15) is 0 Å². The first kappa shape index (κ1) is 10.5. The Morgan fingerprint density at radius 2 is 1.78 bits per heavy atom. The van der Waals surface area contributed by atoms with Gasteiger partial charge in [0.2, 0.25) is 0 Å². The molecule has 5 nitrogen and oxygen atoms in total. The summed E-state index contributed by atoms with van der Waals surface area (Å²) in [6, 6.07) is 12.0. The highest BCUT2D eigenvalue weighted by atomic mass is 16.3. The van der Waals surface area contributed by atoms with E-state index in [0.717, 1.165) is 5.01 Å². The van der Waals surface area contributed by atoms with E-state index in [4.69, 9.17) is 4.42 Å². The monoisotopic (exact) mass is 240 g/mol. The number of benzene rings is 1. The summed E-state index contributed by atoms with van der Waals surface area (Å²) in [6.07, 6.45) is 1.43. The molecule has 1 aromatic carbocycles. The first-order valence-corrected chi connectivity index (χ1v) is 5.33. The summed E-state index contributed by atoms with van der Waals surface area (Å²) in [5, 5.41) is 5.10. The van der Waals surface area contributed by atoms with Crippen LogP contribution in [0, 0.1) is 0 Å². The van der Waals surface area contributed by atoms with Crippen LogP contribution in [0.3, 0.4) is 0 Å². The highest BCUT2D eigenvalue weighted by Crippen LogP contribution is 2.20. The van der Waals surface area contributed by atoms with E-state index in [-0.39, 0.29) is 5.71 Å². The summed E-state index contributed by atoms with van der Waals surface area (Å²) in [5.74, 6) is -1.03. The molecule has 1 aliphatic rings. The van der Waals surface area contributed by atoms with Gasteiger partial charge >= 0.3 is 5.91 Å². The van der Waals surface area contributed by atoms with Crippen LogP contribution in [0.2, 0.25) is 0 Å². The van der Waals surface area contributed by atoms with Gasteiger partial charge in [-0.1, -0.05) is 18.2 Å². The van der Waals surface area contributed by atoms with Crippen LogP contribution < -0.4 is 5.01 Å². The van der Waals surface area contributed by atoms with Gasteiger partial charge in [-0.05, 0) is 24.3 Å². The fourth-order valence-corrected chi connectivity index (χ4v) is 1.71. The van der Waals surface area contributed by atoms with Crippen molar-refractivity contribution >= 4 is 23.1 Å². The molecule has 18 heavy (non-hydrogen) atoms. The molecule has 0 atom stereocenters. The normalized spacial score (nSPS) is 15.1. The molecule has 2 aromatic rings. The Bertz CT molecular complexity index is 630. The SMILES string of the molecule is O=C1C(=O)N(c2ccccc2)N=C1c1ccco1. The third kappa shape index (κ3) is 1.53. The number of Topliss-reactive ketones (excluding diaryl/α,β-unsaturated/α-hetero) is 1. The van der Waals surface area contributed by atoms with Crippen molar-refractivity contribution in [1.82, 2.24) is 0 Å². The Hall–Kier alpha value is -2.69. The lowest BCUT2D eigenvalue weighted by Crippen LogP contribution is -2.27. The number of ketones is 1. The maximum atomic E-state index is 11.8. The number of amides is 1. The summed E-state index contributed by atoms with van der Waals surface area (Å²) in [6.45, 7) is 0. The number of carbonyl (C=O) groups is 2. The van der Waals surface area contributed by atoms with E-state index in [1.807, 2.05) is 6.07 Å². The number of hydrogen-bond acceptors (Lipinski definition) is 4. The number of furan rings is 1. The molecule has 0 aliphatic carbocycles. The van der Waals surface area contributed by atoms with Crippen LogP contribution in [0.15, 0.2) is 58.2 Å². The number of carbonyl (C=O) groups excluding carboxylic acids is 2. The fraction of sp³-hybridized carbons (Fsp3) is 0. The summed E-state index contributed by atoms with van der Waals surface area (Å²) >= 11 is 0. The molecule has 0 bridgehead atoms. The van der Waals surface area contributed by atoms with Crippen molar-refractivity contribution in [3.63, 3.8) is 0 Å². The minimum absolute atomic E-state index is 0.0360. The average Bonchev–Trinajstić information content (AvgIpc) is 3.01. The molecule has 0 saturated heterocycles. The van der Waals surface area contributed by atoms with E-state index in [1.165, 1.54) is 6.26 Å². The maximum absolute atomic E-state index is 11.8. The van der Waals surface area contributed by atoms with Crippen molar-refractivity contribution in [2.75, 3.05) is 5.01 Å². The maximum Gasteiger partial charge on any atom is 0.321 e. The third-order valence-electron chi connectivity index (χ3n) is 2.56. The van der Waals surface area contributed by atoms with Crippen LogP contribution in [0.1, 0.15) is 5.76 Å². The molecule has 3 rings (SSSR count). The van der Waals surface area contributed by atoms with Gasteiger partial charge in [-0.25, -0.2) is 0 Å². The van der Waals surface area contributed by atoms with Crippen LogP contribution in [0.4, 0.5) is 5.69 Å². The molecule has 0 radical (unpaired) electrons. The highest BCUT2D eigenvalue weighted by molar-refractivity contribution is 6.72. The Morgan fingerprint density at radius 3 is 2.44 bits per heavy atom. The first-order chi connectivity index (χ1) is 8.77. The number of anilines is 1. The standard InChI is InChI=1S/C13H8N2O3/c16-12-11(10-7-4-8-18-10)14-15(13(12)17)9-5-2-1-3-6-9/h1-8H. The Morgan fingerprint density at radius 1 is 1.00 bits per heavy atom. The Kier molecular flexibility index (Phi) is 2.30. The second-order valence-corrected chi connectivity index (χ2v) is 3.71. The van der Waals surface area contributed by atoms with Gasteiger partial charge in [-0.2, -0.15) is 10.1 Å². The fourth-order valence-electron chi connectivity index (χ4n) is 1.71. The smallest absolute Gasteiger partial charge is 0.321 e. The van der Waals surface area contributed by atoms with Crippen LogP contribution in [-0.4, -0.2) is 17.4 Å². The number of hydrogen-bond donors (Lipinski definition) is 0. The van der Waals surface area contributed by atoms with Crippen molar-refractivity contribution < 1.29 is 14.0 Å². The number of rotatable bonds is 2. The van der Waals surface area contributed by atoms with Crippen molar-refractivity contribution in [2.24, 2.45) is 5.10 Å². The van der Waals surface area contributed by atoms with E-state index in [1.54, 1.807) is 36.4 Å². The van der Waals surface area contributed by atoms with Crippen molar-refractivity contribution in [3.05, 3.63) is 54.5 Å². The number of para-hydroxylation sites is 1. The predicted molar refractivity (Wildman–Crippen MR) is 64.2 cm³/mol. The zero-order valence-electron chi connectivity index (χ0n) is 9.24. The lowest BCUT2D eigenvalue weighted by molar-refractivity contribution is -0.131. The number of hydrazone groups is 1. The molecule has 1 amide bonds. The lowest BCUT2D eigenvalue weighted by atomic mass is 10.2. The highest BCUT2D eigenvalue weighted by Gasteiger charge is 2.36. The van der Waals surface area contributed by atoms with Gasteiger partial charge in [0.15, 0.2) is 11.5 Å². The second-order valence-electron chi connectivity index (χ2n) is 3.71. The van der Waals surface area contributed by atoms with E-state index in [0.29, 0.717) is 11.4 Å². The van der Waals surface area contributed by atoms with E-state index in [2.05, 4.69) is 5.10 Å². The lowest BCUT2D eigenvalue weighted by Gasteiger charge is -2.09. The molecule has 0 N–H and O–H groups in total. The molecule has 0 spiro atoms. The number of nitrogens with zero attached hydrogens (tertiary/aromatic N) is 2. The van der Waals surface area contributed by atoms with Crippen LogP contribution in [-0.2, 0) is 9.59 Å². The average molecular weight is 240 g/mol. The van der Waals surface area contributed by atoms with Crippen LogP contribution in [0.5, 0.6) is 0 Å². The van der Waals surface area contributed by atoms with Gasteiger partial charge < -0.3 is 4.42 Å². The Balaban J connectivity index is 2.04. The van der Waals surface area contributed by atoms with Crippen LogP contribution >= 0.6 is 0 Å². The largest absolute Gasteiger partial charge is 0.462 e. The third-order valence-corrected chi connectivity index (χ3v) is 2.56. The molecule has 5 heteroatoms. The van der Waals surface area contributed by atoms with Gasteiger partial charge in [0.05, 0.1) is 12.0 Å². The van der Waals surface area contributed by atoms with E-state index in [9.17, 15) is 9.59 Å². The van der Waals surface area contributed by atoms with Crippen molar-refractivity contribution in [1.29, 1.82) is 0 Å². The zero-order valence-corrected chi connectivity index (χ0v) is 9.24. The molecule has 0 saturated carbocycles. The van der Waals surface area contributed by atoms with E-state index < -0.39 is 11.7 Å². The molecule has 0 fully saturated rings.